The number of fused-ring (bicyclic) bond motifs is 3. The highest BCUT2D eigenvalue weighted by Crippen LogP contribution is 2.41. The molecule has 8 heteroatoms. The van der Waals surface area contributed by atoms with Crippen LogP contribution in [0.1, 0.15) is 34.9 Å². The Bertz CT molecular complexity index is 1710. The fourth-order valence-corrected chi connectivity index (χ4v) is 6.58. The number of aromatic nitrogens is 1. The summed E-state index contributed by atoms with van der Waals surface area (Å²) in [5.41, 5.74) is 5.59. The number of thiazole rings is 1. The van der Waals surface area contributed by atoms with E-state index in [-0.39, 0.29) is 11.6 Å². The number of ether oxygens (including phenoxy) is 1. The summed E-state index contributed by atoms with van der Waals surface area (Å²) >= 11 is 7.62. The number of hydrogen-bond donors (Lipinski definition) is 0. The molecule has 0 spiro atoms. The molecule has 1 aliphatic carbocycles. The van der Waals surface area contributed by atoms with Gasteiger partial charge in [-0.05, 0) is 47.7 Å². The molecule has 37 heavy (non-hydrogen) atoms. The maximum Gasteiger partial charge on any atom is 0.271 e. The van der Waals surface area contributed by atoms with E-state index in [1.807, 2.05) is 47.0 Å². The van der Waals surface area contributed by atoms with Crippen LogP contribution in [0.25, 0.3) is 11.8 Å². The van der Waals surface area contributed by atoms with E-state index in [4.69, 9.17) is 25.7 Å². The second kappa shape index (κ2) is 9.17. The lowest BCUT2D eigenvalue weighted by atomic mass is 9.83. The van der Waals surface area contributed by atoms with Gasteiger partial charge < -0.3 is 14.1 Å². The lowest BCUT2D eigenvalue weighted by Gasteiger charge is -2.30. The first-order chi connectivity index (χ1) is 18.2. The summed E-state index contributed by atoms with van der Waals surface area (Å²) < 4.78 is 14.0. The molecule has 4 heterocycles. The Morgan fingerprint density at radius 2 is 1.81 bits per heavy atom. The van der Waals surface area contributed by atoms with Gasteiger partial charge in [0.05, 0.1) is 29.5 Å². The van der Waals surface area contributed by atoms with E-state index in [9.17, 15) is 4.79 Å². The van der Waals surface area contributed by atoms with Crippen molar-refractivity contribution in [3.8, 4) is 0 Å². The van der Waals surface area contributed by atoms with Crippen molar-refractivity contribution in [1.82, 2.24) is 4.57 Å². The van der Waals surface area contributed by atoms with Crippen LogP contribution in [0.3, 0.4) is 0 Å². The van der Waals surface area contributed by atoms with Gasteiger partial charge in [-0.1, -0.05) is 59.3 Å². The summed E-state index contributed by atoms with van der Waals surface area (Å²) in [7, 11) is 0. The maximum absolute atomic E-state index is 13.9. The fraction of sp³-hybridized carbons (Fsp3) is 0.241. The average Bonchev–Trinajstić information content (AvgIpc) is 3.53. The van der Waals surface area contributed by atoms with Crippen LogP contribution in [0, 0.1) is 0 Å². The zero-order valence-corrected chi connectivity index (χ0v) is 21.6. The molecule has 2 aromatic carbocycles. The quantitative estimate of drug-likeness (QED) is 0.395. The van der Waals surface area contributed by atoms with Crippen LogP contribution in [0.5, 0.6) is 0 Å². The van der Waals surface area contributed by atoms with E-state index in [1.165, 1.54) is 22.5 Å². The molecule has 0 amide bonds. The number of rotatable bonds is 3. The predicted octanol–water partition coefficient (Wildman–Crippen LogP) is 4.40. The molecule has 2 aromatic heterocycles. The fourth-order valence-electron chi connectivity index (χ4n) is 5.47. The zero-order chi connectivity index (χ0) is 24.9. The highest BCUT2D eigenvalue weighted by atomic mass is 35.5. The predicted molar refractivity (Wildman–Crippen MR) is 146 cm³/mol. The largest absolute Gasteiger partial charge is 0.441 e. The van der Waals surface area contributed by atoms with Crippen molar-refractivity contribution >= 4 is 40.6 Å². The van der Waals surface area contributed by atoms with Crippen molar-refractivity contribution in [2.75, 3.05) is 31.2 Å². The third kappa shape index (κ3) is 3.98. The molecule has 7 rings (SSSR count). The van der Waals surface area contributed by atoms with Crippen molar-refractivity contribution in [2.24, 2.45) is 4.99 Å². The molecular weight excluding hydrogens is 506 g/mol. The number of benzene rings is 2. The molecular formula is C29H24ClN3O3S. The topological polar surface area (TPSA) is 60.0 Å². The molecule has 4 aromatic rings. The molecule has 0 saturated carbocycles. The molecule has 0 N–H and O–H groups in total. The second-order valence-corrected chi connectivity index (χ2v) is 10.9. The van der Waals surface area contributed by atoms with Crippen LogP contribution in [0.15, 0.2) is 80.4 Å². The first kappa shape index (κ1) is 22.8. The average molecular weight is 530 g/mol. The lowest BCUT2D eigenvalue weighted by molar-refractivity contribution is 0.120. The molecule has 6 nitrogen and oxygen atoms in total. The minimum Gasteiger partial charge on any atom is -0.441 e. The van der Waals surface area contributed by atoms with Gasteiger partial charge >= 0.3 is 0 Å². The number of nitrogens with zero attached hydrogens (tertiary/aromatic N) is 3. The van der Waals surface area contributed by atoms with Gasteiger partial charge in [0.15, 0.2) is 10.7 Å². The Kier molecular flexibility index (Phi) is 5.65. The van der Waals surface area contributed by atoms with Gasteiger partial charge in [-0.2, -0.15) is 0 Å². The van der Waals surface area contributed by atoms with Gasteiger partial charge in [0.25, 0.3) is 5.56 Å². The number of hydrogen-bond acceptors (Lipinski definition) is 6. The molecule has 0 bridgehead atoms. The molecule has 1 atom stereocenters. The van der Waals surface area contributed by atoms with Crippen LogP contribution in [-0.2, 0) is 11.2 Å². The van der Waals surface area contributed by atoms with E-state index in [0.717, 1.165) is 48.6 Å². The van der Waals surface area contributed by atoms with Crippen molar-refractivity contribution in [1.29, 1.82) is 0 Å². The molecule has 1 saturated heterocycles. The monoisotopic (exact) mass is 529 g/mol. The second-order valence-electron chi connectivity index (χ2n) is 9.44. The van der Waals surface area contributed by atoms with Gasteiger partial charge in [0.1, 0.15) is 5.76 Å². The van der Waals surface area contributed by atoms with Gasteiger partial charge in [-0.15, -0.1) is 0 Å². The van der Waals surface area contributed by atoms with Gasteiger partial charge in [0, 0.05) is 35.8 Å². The number of morpholine rings is 1. The summed E-state index contributed by atoms with van der Waals surface area (Å²) in [5, 5.41) is 0.674. The Labute approximate surface area is 222 Å². The number of furan rings is 1. The smallest absolute Gasteiger partial charge is 0.271 e. The minimum absolute atomic E-state index is 0.0570. The van der Waals surface area contributed by atoms with E-state index >= 15 is 0 Å². The van der Waals surface area contributed by atoms with Crippen molar-refractivity contribution in [2.45, 2.75) is 18.9 Å². The van der Waals surface area contributed by atoms with E-state index in [0.29, 0.717) is 33.3 Å². The molecule has 0 radical (unpaired) electrons. The number of anilines is 1. The summed E-state index contributed by atoms with van der Waals surface area (Å²) in [4.78, 5) is 21.8. The van der Waals surface area contributed by atoms with E-state index in [1.54, 1.807) is 0 Å². The molecule has 2 aliphatic heterocycles. The van der Waals surface area contributed by atoms with Crippen LogP contribution < -0.4 is 19.8 Å². The van der Waals surface area contributed by atoms with Gasteiger partial charge in [-0.25, -0.2) is 4.99 Å². The molecule has 3 aliphatic rings. The highest BCUT2D eigenvalue weighted by molar-refractivity contribution is 7.07. The summed E-state index contributed by atoms with van der Waals surface area (Å²) in [6.45, 7) is 2.97. The first-order valence-corrected chi connectivity index (χ1v) is 13.7. The van der Waals surface area contributed by atoms with E-state index < -0.39 is 0 Å². The SMILES string of the molecule is O=c1/c(=C/c2ccc(N3CCOCC3)o2)sc2n1[C@@H](c1ccc(Cl)cc1)C1=C(N=2)c2ccccc2CC1. The molecule has 0 unspecified atom stereocenters. The van der Waals surface area contributed by atoms with Crippen molar-refractivity contribution in [3.05, 3.63) is 113 Å². The van der Waals surface area contributed by atoms with Crippen LogP contribution in [0.2, 0.25) is 5.02 Å². The third-order valence-corrected chi connectivity index (χ3v) is 8.50. The number of allylic oxidation sites excluding steroid dienone is 1. The summed E-state index contributed by atoms with van der Waals surface area (Å²) in [6.07, 6.45) is 3.62. The third-order valence-electron chi connectivity index (χ3n) is 7.27. The number of halogens is 1. The van der Waals surface area contributed by atoms with Crippen LogP contribution in [-0.4, -0.2) is 30.9 Å². The van der Waals surface area contributed by atoms with Gasteiger partial charge in [-0.3, -0.25) is 9.36 Å². The Morgan fingerprint density at radius 3 is 2.65 bits per heavy atom. The molecule has 186 valence electrons. The van der Waals surface area contributed by atoms with Crippen molar-refractivity contribution in [3.63, 3.8) is 0 Å². The summed E-state index contributed by atoms with van der Waals surface area (Å²) in [5.74, 6) is 1.46. The number of aryl methyl sites for hydroxylation is 1. The Morgan fingerprint density at radius 1 is 1.00 bits per heavy atom. The lowest BCUT2D eigenvalue weighted by Crippen LogP contribution is -2.38. The Balaban J connectivity index is 1.38. The van der Waals surface area contributed by atoms with E-state index in [2.05, 4.69) is 29.2 Å². The highest BCUT2D eigenvalue weighted by Gasteiger charge is 2.32. The standard InChI is InChI=1S/C29H24ClN3O3S/c30-20-8-5-19(6-9-20)27-23-11-7-18-3-1-2-4-22(18)26(23)31-29-33(27)28(34)24(37-29)17-21-10-12-25(36-21)32-13-15-35-16-14-32/h1-6,8-10,12,17,27H,7,11,13-16H2/b24-17-/t27-/m0/s1. The van der Waals surface area contributed by atoms with Crippen molar-refractivity contribution < 1.29 is 9.15 Å². The minimum atomic E-state index is -0.223. The zero-order valence-electron chi connectivity index (χ0n) is 20.0. The normalized spacial score (nSPS) is 19.3. The summed E-state index contributed by atoms with van der Waals surface area (Å²) in [6, 6.07) is 19.9. The Hall–Kier alpha value is -3.39. The van der Waals surface area contributed by atoms with Crippen LogP contribution >= 0.6 is 22.9 Å². The molecule has 1 fully saturated rings. The van der Waals surface area contributed by atoms with Crippen LogP contribution in [0.4, 0.5) is 5.88 Å². The first-order valence-electron chi connectivity index (χ1n) is 12.5. The maximum atomic E-state index is 13.9. The van der Waals surface area contributed by atoms with Gasteiger partial charge in [0.2, 0.25) is 0 Å².